The number of urea groups is 1. The molecule has 5 amide bonds. The van der Waals surface area contributed by atoms with E-state index in [4.69, 9.17) is 0 Å². The summed E-state index contributed by atoms with van der Waals surface area (Å²) >= 11 is 1.25. The Balaban J connectivity index is 1.58. The van der Waals surface area contributed by atoms with Gasteiger partial charge in [-0.15, -0.1) is 11.3 Å². The Morgan fingerprint density at radius 3 is 2.55 bits per heavy atom. The van der Waals surface area contributed by atoms with Gasteiger partial charge in [-0.05, 0) is 43.7 Å². The van der Waals surface area contributed by atoms with E-state index >= 15 is 0 Å². The summed E-state index contributed by atoms with van der Waals surface area (Å²) in [5, 5.41) is 7.62. The third-order valence-corrected chi connectivity index (χ3v) is 5.59. The fraction of sp³-hybridized carbons (Fsp3) is 0.300. The SMILES string of the molecule is CC(NC(=O)c1cccs1)C(=O)NN1C(=O)NC(C)(CCc2ccccc2)C1=O. The predicted molar refractivity (Wildman–Crippen MR) is 108 cm³/mol. The number of amides is 5. The van der Waals surface area contributed by atoms with Gasteiger partial charge in [0.25, 0.3) is 17.7 Å². The van der Waals surface area contributed by atoms with Crippen LogP contribution in [0.4, 0.5) is 4.79 Å². The zero-order chi connectivity index (χ0) is 21.0. The molecule has 9 heteroatoms. The Bertz CT molecular complexity index is 916. The second kappa shape index (κ2) is 8.44. The fourth-order valence-corrected chi connectivity index (χ4v) is 3.57. The molecule has 1 fully saturated rings. The number of thiophene rings is 1. The number of hydrogen-bond donors (Lipinski definition) is 3. The first-order valence-corrected chi connectivity index (χ1v) is 10.0. The molecule has 2 unspecified atom stereocenters. The van der Waals surface area contributed by atoms with Gasteiger partial charge >= 0.3 is 6.03 Å². The Morgan fingerprint density at radius 2 is 1.90 bits per heavy atom. The molecule has 1 aliphatic rings. The highest BCUT2D eigenvalue weighted by Gasteiger charge is 2.48. The van der Waals surface area contributed by atoms with Crippen LogP contribution in [0.1, 0.15) is 35.5 Å². The van der Waals surface area contributed by atoms with E-state index in [2.05, 4.69) is 16.1 Å². The Morgan fingerprint density at radius 1 is 1.17 bits per heavy atom. The number of nitrogens with zero attached hydrogens (tertiary/aromatic N) is 1. The number of aryl methyl sites for hydroxylation is 1. The zero-order valence-corrected chi connectivity index (χ0v) is 16.9. The fourth-order valence-electron chi connectivity index (χ4n) is 2.94. The van der Waals surface area contributed by atoms with Gasteiger partial charge in [-0.25, -0.2) is 4.79 Å². The van der Waals surface area contributed by atoms with Gasteiger partial charge in [-0.3, -0.25) is 19.8 Å². The molecule has 0 radical (unpaired) electrons. The van der Waals surface area contributed by atoms with Crippen LogP contribution in [0.3, 0.4) is 0 Å². The lowest BCUT2D eigenvalue weighted by atomic mass is 9.93. The largest absolute Gasteiger partial charge is 0.344 e. The van der Waals surface area contributed by atoms with Crippen LogP contribution < -0.4 is 16.1 Å². The quantitative estimate of drug-likeness (QED) is 0.601. The average molecular weight is 414 g/mol. The van der Waals surface area contributed by atoms with Crippen LogP contribution in [0, 0.1) is 0 Å². The van der Waals surface area contributed by atoms with Gasteiger partial charge in [0.05, 0.1) is 4.88 Å². The molecule has 2 aromatic rings. The van der Waals surface area contributed by atoms with Crippen LogP contribution in [0.5, 0.6) is 0 Å². The first-order chi connectivity index (χ1) is 13.8. The molecule has 29 heavy (non-hydrogen) atoms. The van der Waals surface area contributed by atoms with Crippen molar-refractivity contribution in [1.29, 1.82) is 0 Å². The van der Waals surface area contributed by atoms with Crippen LogP contribution in [0.15, 0.2) is 47.8 Å². The number of nitrogens with one attached hydrogen (secondary N) is 3. The maximum Gasteiger partial charge on any atom is 0.344 e. The highest BCUT2D eigenvalue weighted by atomic mass is 32.1. The van der Waals surface area contributed by atoms with E-state index < -0.39 is 35.3 Å². The van der Waals surface area contributed by atoms with Crippen molar-refractivity contribution in [2.45, 2.75) is 38.3 Å². The monoisotopic (exact) mass is 414 g/mol. The molecule has 1 aromatic carbocycles. The van der Waals surface area contributed by atoms with Crippen LogP contribution in [0.25, 0.3) is 0 Å². The maximum absolute atomic E-state index is 12.8. The van der Waals surface area contributed by atoms with Gasteiger partial charge in [-0.1, -0.05) is 36.4 Å². The first kappa shape index (κ1) is 20.5. The summed E-state index contributed by atoms with van der Waals surface area (Å²) < 4.78 is 0. The van der Waals surface area contributed by atoms with Crippen molar-refractivity contribution in [2.75, 3.05) is 0 Å². The van der Waals surface area contributed by atoms with Gasteiger partial charge in [-0.2, -0.15) is 5.01 Å². The lowest BCUT2D eigenvalue weighted by Crippen LogP contribution is -2.54. The van der Waals surface area contributed by atoms with E-state index in [0.29, 0.717) is 22.7 Å². The summed E-state index contributed by atoms with van der Waals surface area (Å²) in [6.07, 6.45) is 0.983. The molecular weight excluding hydrogens is 392 g/mol. The Labute approximate surface area is 172 Å². The first-order valence-electron chi connectivity index (χ1n) is 9.15. The van der Waals surface area contributed by atoms with Gasteiger partial charge in [0.2, 0.25) is 0 Å². The number of carbonyl (C=O) groups is 4. The van der Waals surface area contributed by atoms with Crippen LogP contribution in [0.2, 0.25) is 0 Å². The minimum Gasteiger partial charge on any atom is -0.340 e. The van der Waals surface area contributed by atoms with Crippen LogP contribution >= 0.6 is 11.3 Å². The topological polar surface area (TPSA) is 108 Å². The normalized spacial score (nSPS) is 19.6. The predicted octanol–water partition coefficient (Wildman–Crippen LogP) is 1.84. The number of hydrogen-bond acceptors (Lipinski definition) is 5. The average Bonchev–Trinajstić information content (AvgIpc) is 3.31. The van der Waals surface area contributed by atoms with Crippen molar-refractivity contribution in [3.05, 3.63) is 58.3 Å². The summed E-state index contributed by atoms with van der Waals surface area (Å²) in [4.78, 5) is 50.0. The lowest BCUT2D eigenvalue weighted by molar-refractivity contribution is -0.139. The summed E-state index contributed by atoms with van der Waals surface area (Å²) in [7, 11) is 0. The summed E-state index contributed by atoms with van der Waals surface area (Å²) in [5.41, 5.74) is 2.23. The van der Waals surface area contributed by atoms with Crippen molar-refractivity contribution in [3.63, 3.8) is 0 Å². The minimum atomic E-state index is -1.12. The smallest absolute Gasteiger partial charge is 0.340 e. The molecule has 1 saturated heterocycles. The zero-order valence-electron chi connectivity index (χ0n) is 16.1. The summed E-state index contributed by atoms with van der Waals surface area (Å²) in [6, 6.07) is 11.4. The third kappa shape index (κ3) is 4.62. The van der Waals surface area contributed by atoms with Crippen LogP contribution in [-0.4, -0.2) is 40.3 Å². The molecule has 8 nitrogen and oxygen atoms in total. The molecule has 1 aromatic heterocycles. The number of imide groups is 1. The Kier molecular flexibility index (Phi) is 5.97. The summed E-state index contributed by atoms with van der Waals surface area (Å²) in [5.74, 6) is -1.60. The molecule has 3 N–H and O–H groups in total. The molecule has 2 atom stereocenters. The molecule has 0 saturated carbocycles. The molecule has 2 heterocycles. The van der Waals surface area contributed by atoms with Gasteiger partial charge in [0, 0.05) is 0 Å². The van der Waals surface area contributed by atoms with Gasteiger partial charge < -0.3 is 10.6 Å². The van der Waals surface area contributed by atoms with Gasteiger partial charge in [0.15, 0.2) is 0 Å². The Hall–Kier alpha value is -3.20. The van der Waals surface area contributed by atoms with E-state index in [0.717, 1.165) is 5.56 Å². The van der Waals surface area contributed by atoms with E-state index in [1.807, 2.05) is 30.3 Å². The molecule has 152 valence electrons. The maximum atomic E-state index is 12.8. The second-order valence-electron chi connectivity index (χ2n) is 7.04. The summed E-state index contributed by atoms with van der Waals surface area (Å²) in [6.45, 7) is 3.11. The van der Waals surface area contributed by atoms with E-state index in [1.165, 1.54) is 18.3 Å². The van der Waals surface area contributed by atoms with Gasteiger partial charge in [0.1, 0.15) is 11.6 Å². The molecule has 3 rings (SSSR count). The van der Waals surface area contributed by atoms with Crippen molar-refractivity contribution in [1.82, 2.24) is 21.1 Å². The van der Waals surface area contributed by atoms with E-state index in [9.17, 15) is 19.2 Å². The number of hydrazine groups is 1. The molecule has 0 spiro atoms. The molecule has 1 aliphatic heterocycles. The second-order valence-corrected chi connectivity index (χ2v) is 7.98. The van der Waals surface area contributed by atoms with Crippen molar-refractivity contribution in [3.8, 4) is 0 Å². The van der Waals surface area contributed by atoms with Crippen molar-refractivity contribution >= 4 is 35.1 Å². The van der Waals surface area contributed by atoms with E-state index in [1.54, 1.807) is 24.4 Å². The molecule has 0 bridgehead atoms. The lowest BCUT2D eigenvalue weighted by Gasteiger charge is -2.22. The highest BCUT2D eigenvalue weighted by molar-refractivity contribution is 7.12. The van der Waals surface area contributed by atoms with Crippen LogP contribution in [-0.2, 0) is 16.0 Å². The van der Waals surface area contributed by atoms with Crippen molar-refractivity contribution < 1.29 is 19.2 Å². The molecular formula is C20H22N4O4S. The number of rotatable bonds is 7. The standard InChI is InChI=1S/C20H22N4O4S/c1-13(21-17(26)15-9-6-12-29-15)16(25)23-24-18(27)20(2,22-19(24)28)11-10-14-7-4-3-5-8-14/h3-9,12-13H,10-11H2,1-2H3,(H,21,26)(H,22,28)(H,23,25). The third-order valence-electron chi connectivity index (χ3n) is 4.73. The highest BCUT2D eigenvalue weighted by Crippen LogP contribution is 2.22. The van der Waals surface area contributed by atoms with Crippen molar-refractivity contribution in [2.24, 2.45) is 0 Å². The molecule has 0 aliphatic carbocycles. The van der Waals surface area contributed by atoms with E-state index in [-0.39, 0.29) is 0 Å². The number of carbonyl (C=O) groups excluding carboxylic acids is 4. The minimum absolute atomic E-state index is 0.388. The number of benzene rings is 1.